The Bertz CT molecular complexity index is 413. The average Bonchev–Trinajstić information content (AvgIpc) is 2.99. The minimum absolute atomic E-state index is 0.179. The van der Waals surface area contributed by atoms with Gasteiger partial charge in [-0.2, -0.15) is 5.10 Å². The van der Waals surface area contributed by atoms with Crippen LogP contribution in [0.1, 0.15) is 52.3 Å². The third-order valence-electron chi connectivity index (χ3n) is 3.34. The van der Waals surface area contributed by atoms with Gasteiger partial charge in [-0.1, -0.05) is 32.4 Å². The lowest BCUT2D eigenvalue weighted by molar-refractivity contribution is 0.394. The lowest BCUT2D eigenvalue weighted by Gasteiger charge is -2.16. The molecule has 0 aromatic carbocycles. The van der Waals surface area contributed by atoms with Crippen molar-refractivity contribution in [3.8, 4) is 0 Å². The predicted octanol–water partition coefficient (Wildman–Crippen LogP) is 3.68. The zero-order chi connectivity index (χ0) is 12.8. The summed E-state index contributed by atoms with van der Waals surface area (Å²) in [4.78, 5) is 0. The molecule has 2 rings (SSSR count). The smallest absolute Gasteiger partial charge is 0.141 e. The van der Waals surface area contributed by atoms with Gasteiger partial charge < -0.3 is 5.73 Å². The molecular weight excluding hydrogens is 234 g/mol. The maximum Gasteiger partial charge on any atom is 0.141 e. The first-order valence-electron chi connectivity index (χ1n) is 6.32. The Morgan fingerprint density at radius 1 is 1.47 bits per heavy atom. The number of aromatic nitrogens is 2. The molecule has 1 unspecified atom stereocenters. The summed E-state index contributed by atoms with van der Waals surface area (Å²) >= 11 is 6.28. The fraction of sp³-hybridized carbons (Fsp3) is 0.769. The molecule has 1 saturated carbocycles. The average molecular weight is 256 g/mol. The van der Waals surface area contributed by atoms with Crippen LogP contribution in [0, 0.1) is 11.3 Å². The summed E-state index contributed by atoms with van der Waals surface area (Å²) in [5, 5.41) is 5.26. The molecule has 1 aromatic rings. The first-order valence-corrected chi connectivity index (χ1v) is 6.70. The van der Waals surface area contributed by atoms with E-state index in [4.69, 9.17) is 17.3 Å². The van der Waals surface area contributed by atoms with Gasteiger partial charge >= 0.3 is 0 Å². The second-order valence-electron chi connectivity index (χ2n) is 6.41. The summed E-state index contributed by atoms with van der Waals surface area (Å²) in [7, 11) is 0. The van der Waals surface area contributed by atoms with Crippen molar-refractivity contribution in [3.63, 3.8) is 0 Å². The van der Waals surface area contributed by atoms with Crippen LogP contribution >= 0.6 is 11.6 Å². The van der Waals surface area contributed by atoms with Crippen molar-refractivity contribution < 1.29 is 0 Å². The van der Waals surface area contributed by atoms with Crippen LogP contribution in [0.15, 0.2) is 0 Å². The van der Waals surface area contributed by atoms with Gasteiger partial charge in [0.2, 0.25) is 0 Å². The van der Waals surface area contributed by atoms with E-state index in [1.165, 1.54) is 12.8 Å². The van der Waals surface area contributed by atoms with Gasteiger partial charge in [-0.25, -0.2) is 4.68 Å². The molecule has 1 aliphatic rings. The number of rotatable bonds is 3. The summed E-state index contributed by atoms with van der Waals surface area (Å²) in [5.41, 5.74) is 7.17. The van der Waals surface area contributed by atoms with Gasteiger partial charge in [0.15, 0.2) is 0 Å². The molecule has 0 bridgehead atoms. The van der Waals surface area contributed by atoms with E-state index < -0.39 is 0 Å². The molecule has 4 heteroatoms. The first kappa shape index (κ1) is 12.7. The largest absolute Gasteiger partial charge is 0.383 e. The molecule has 96 valence electrons. The zero-order valence-electron chi connectivity index (χ0n) is 11.1. The van der Waals surface area contributed by atoms with Crippen LogP contribution in [0.25, 0.3) is 0 Å². The fourth-order valence-corrected chi connectivity index (χ4v) is 2.37. The van der Waals surface area contributed by atoms with Crippen LogP contribution in [-0.2, 0) is 6.42 Å². The predicted molar refractivity (Wildman–Crippen MR) is 72.2 cm³/mol. The van der Waals surface area contributed by atoms with Crippen molar-refractivity contribution >= 4 is 17.4 Å². The number of nitrogens with zero attached hydrogens (tertiary/aromatic N) is 2. The quantitative estimate of drug-likeness (QED) is 0.896. The SMILES string of the molecule is CC(C1CC1)n1nc(CC(C)(C)C)c(Cl)c1N. The Morgan fingerprint density at radius 2 is 2.06 bits per heavy atom. The second kappa shape index (κ2) is 4.20. The van der Waals surface area contributed by atoms with Crippen LogP contribution in [0.5, 0.6) is 0 Å². The lowest BCUT2D eigenvalue weighted by Crippen LogP contribution is -2.13. The monoisotopic (exact) mass is 255 g/mol. The number of hydrogen-bond acceptors (Lipinski definition) is 2. The summed E-state index contributed by atoms with van der Waals surface area (Å²) in [6, 6.07) is 0.376. The van der Waals surface area contributed by atoms with Crippen molar-refractivity contribution in [1.82, 2.24) is 9.78 Å². The minimum Gasteiger partial charge on any atom is -0.383 e. The highest BCUT2D eigenvalue weighted by Gasteiger charge is 2.32. The summed E-state index contributed by atoms with van der Waals surface area (Å²) in [6.07, 6.45) is 3.43. The number of anilines is 1. The van der Waals surface area contributed by atoms with E-state index in [-0.39, 0.29) is 5.41 Å². The van der Waals surface area contributed by atoms with E-state index in [2.05, 4.69) is 32.8 Å². The fourth-order valence-electron chi connectivity index (χ4n) is 2.18. The normalized spacial score (nSPS) is 18.4. The molecular formula is C13H22ClN3. The number of nitrogen functional groups attached to an aromatic ring is 1. The van der Waals surface area contributed by atoms with Gasteiger partial charge in [0.05, 0.1) is 11.7 Å². The molecule has 0 radical (unpaired) electrons. The van der Waals surface area contributed by atoms with Gasteiger partial charge in [0.25, 0.3) is 0 Å². The number of hydrogen-bond donors (Lipinski definition) is 1. The molecule has 2 N–H and O–H groups in total. The topological polar surface area (TPSA) is 43.8 Å². The van der Waals surface area contributed by atoms with Gasteiger partial charge in [-0.05, 0) is 37.5 Å². The van der Waals surface area contributed by atoms with Crippen molar-refractivity contribution in [2.24, 2.45) is 11.3 Å². The molecule has 17 heavy (non-hydrogen) atoms. The van der Waals surface area contributed by atoms with Gasteiger partial charge in [-0.15, -0.1) is 0 Å². The summed E-state index contributed by atoms with van der Waals surface area (Å²) < 4.78 is 1.92. The molecule has 3 nitrogen and oxygen atoms in total. The Labute approximate surface area is 108 Å². The summed E-state index contributed by atoms with van der Waals surface area (Å²) in [5.74, 6) is 1.36. The van der Waals surface area contributed by atoms with E-state index >= 15 is 0 Å². The Kier molecular flexibility index (Phi) is 3.15. The number of nitrogens with two attached hydrogens (primary N) is 1. The molecule has 1 fully saturated rings. The molecule has 1 heterocycles. The first-order chi connectivity index (χ1) is 7.79. The summed E-state index contributed by atoms with van der Waals surface area (Å²) in [6.45, 7) is 8.73. The Hall–Kier alpha value is -0.700. The zero-order valence-corrected chi connectivity index (χ0v) is 11.9. The van der Waals surface area contributed by atoms with E-state index in [0.29, 0.717) is 16.9 Å². The van der Waals surface area contributed by atoms with Crippen molar-refractivity contribution in [2.45, 2.75) is 53.0 Å². The highest BCUT2D eigenvalue weighted by Crippen LogP contribution is 2.41. The van der Waals surface area contributed by atoms with E-state index in [0.717, 1.165) is 18.0 Å². The van der Waals surface area contributed by atoms with Crippen LogP contribution in [0.4, 0.5) is 5.82 Å². The van der Waals surface area contributed by atoms with Crippen LogP contribution < -0.4 is 5.73 Å². The van der Waals surface area contributed by atoms with Gasteiger partial charge in [0, 0.05) is 0 Å². The lowest BCUT2D eigenvalue weighted by atomic mass is 9.91. The highest BCUT2D eigenvalue weighted by atomic mass is 35.5. The van der Waals surface area contributed by atoms with Gasteiger partial charge in [-0.3, -0.25) is 0 Å². The standard InChI is InChI=1S/C13H22ClN3/c1-8(9-5-6-9)17-12(15)11(14)10(16-17)7-13(2,3)4/h8-9H,5-7,15H2,1-4H3. The van der Waals surface area contributed by atoms with Crippen molar-refractivity contribution in [2.75, 3.05) is 5.73 Å². The van der Waals surface area contributed by atoms with Crippen LogP contribution in [0.2, 0.25) is 5.02 Å². The van der Waals surface area contributed by atoms with E-state index in [1.54, 1.807) is 0 Å². The van der Waals surface area contributed by atoms with Crippen LogP contribution in [-0.4, -0.2) is 9.78 Å². The third kappa shape index (κ3) is 2.76. The molecule has 0 saturated heterocycles. The number of halogens is 1. The van der Waals surface area contributed by atoms with Crippen LogP contribution in [0.3, 0.4) is 0 Å². The van der Waals surface area contributed by atoms with E-state index in [9.17, 15) is 0 Å². The molecule has 1 atom stereocenters. The molecule has 1 aromatic heterocycles. The van der Waals surface area contributed by atoms with E-state index in [1.807, 2.05) is 4.68 Å². The minimum atomic E-state index is 0.179. The van der Waals surface area contributed by atoms with Gasteiger partial charge in [0.1, 0.15) is 10.8 Å². The molecule has 0 amide bonds. The molecule has 1 aliphatic carbocycles. The second-order valence-corrected chi connectivity index (χ2v) is 6.78. The molecule has 0 spiro atoms. The van der Waals surface area contributed by atoms with Crippen molar-refractivity contribution in [3.05, 3.63) is 10.7 Å². The highest BCUT2D eigenvalue weighted by molar-refractivity contribution is 6.33. The van der Waals surface area contributed by atoms with Crippen molar-refractivity contribution in [1.29, 1.82) is 0 Å². The third-order valence-corrected chi connectivity index (χ3v) is 3.75. The Balaban J connectivity index is 2.26. The maximum atomic E-state index is 6.28. The Morgan fingerprint density at radius 3 is 2.53 bits per heavy atom. The molecule has 0 aliphatic heterocycles. The maximum absolute atomic E-state index is 6.28.